The maximum absolute atomic E-state index is 11.9. The molecule has 0 spiro atoms. The summed E-state index contributed by atoms with van der Waals surface area (Å²) in [6.45, 7) is 2.06. The van der Waals surface area contributed by atoms with Crippen molar-refractivity contribution in [3.8, 4) is 5.75 Å². The van der Waals surface area contributed by atoms with Crippen molar-refractivity contribution in [2.45, 2.75) is 6.92 Å². The number of hydrogen-bond acceptors (Lipinski definition) is 4. The minimum atomic E-state index is -0.570. The van der Waals surface area contributed by atoms with Gasteiger partial charge in [-0.1, -0.05) is 11.6 Å². The van der Waals surface area contributed by atoms with Gasteiger partial charge in [-0.15, -0.1) is 0 Å². The lowest BCUT2D eigenvalue weighted by Crippen LogP contribution is -2.20. The fourth-order valence-corrected chi connectivity index (χ4v) is 1.92. The SMILES string of the molecule is CCOc1ccc(C(=O)OCC(=O)Nc2ccc(Cl)cc2)cc1. The topological polar surface area (TPSA) is 64.6 Å². The first kappa shape index (κ1) is 16.8. The molecule has 0 saturated heterocycles. The van der Waals surface area contributed by atoms with Crippen molar-refractivity contribution in [2.24, 2.45) is 0 Å². The van der Waals surface area contributed by atoms with Crippen LogP contribution in [0.5, 0.6) is 5.75 Å². The summed E-state index contributed by atoms with van der Waals surface area (Å²) in [4.78, 5) is 23.6. The summed E-state index contributed by atoms with van der Waals surface area (Å²) in [6.07, 6.45) is 0. The van der Waals surface area contributed by atoms with Crippen LogP contribution in [0.3, 0.4) is 0 Å². The molecule has 2 aromatic rings. The lowest BCUT2D eigenvalue weighted by atomic mass is 10.2. The number of hydrogen-bond donors (Lipinski definition) is 1. The molecule has 0 saturated carbocycles. The molecular weight excluding hydrogens is 318 g/mol. The molecule has 0 aliphatic heterocycles. The maximum Gasteiger partial charge on any atom is 0.338 e. The summed E-state index contributed by atoms with van der Waals surface area (Å²) in [6, 6.07) is 13.2. The summed E-state index contributed by atoms with van der Waals surface area (Å²) in [5.41, 5.74) is 0.935. The second-order valence-electron chi connectivity index (χ2n) is 4.59. The molecule has 0 bridgehead atoms. The first-order chi connectivity index (χ1) is 11.1. The predicted molar refractivity (Wildman–Crippen MR) is 88.0 cm³/mol. The summed E-state index contributed by atoms with van der Waals surface area (Å²) < 4.78 is 10.3. The van der Waals surface area contributed by atoms with Crippen molar-refractivity contribution in [1.29, 1.82) is 0 Å². The fourth-order valence-electron chi connectivity index (χ4n) is 1.80. The van der Waals surface area contributed by atoms with Crippen LogP contribution in [0.2, 0.25) is 5.02 Å². The van der Waals surface area contributed by atoms with E-state index in [4.69, 9.17) is 21.1 Å². The lowest BCUT2D eigenvalue weighted by molar-refractivity contribution is -0.119. The Bertz CT molecular complexity index is 668. The van der Waals surface area contributed by atoms with Crippen LogP contribution < -0.4 is 10.1 Å². The number of anilines is 1. The van der Waals surface area contributed by atoms with Crippen molar-refractivity contribution in [2.75, 3.05) is 18.5 Å². The number of benzene rings is 2. The molecule has 2 rings (SSSR count). The van der Waals surface area contributed by atoms with Gasteiger partial charge in [0.05, 0.1) is 12.2 Å². The minimum absolute atomic E-state index is 0.354. The number of ether oxygens (including phenoxy) is 2. The summed E-state index contributed by atoms with van der Waals surface area (Å²) in [5.74, 6) is -0.324. The Balaban J connectivity index is 1.83. The zero-order valence-electron chi connectivity index (χ0n) is 12.5. The smallest absolute Gasteiger partial charge is 0.338 e. The van der Waals surface area contributed by atoms with Crippen LogP contribution in [0, 0.1) is 0 Å². The molecule has 0 radical (unpaired) electrons. The number of carbonyl (C=O) groups is 2. The molecular formula is C17H16ClNO4. The quantitative estimate of drug-likeness (QED) is 0.821. The first-order valence-corrected chi connectivity index (χ1v) is 7.41. The standard InChI is InChI=1S/C17H16ClNO4/c1-2-22-15-9-3-12(4-10-15)17(21)23-11-16(20)19-14-7-5-13(18)6-8-14/h3-10H,2,11H2,1H3,(H,19,20). The van der Waals surface area contributed by atoms with Crippen molar-refractivity contribution in [3.63, 3.8) is 0 Å². The van der Waals surface area contributed by atoms with E-state index in [0.29, 0.717) is 28.6 Å². The molecule has 0 aromatic heterocycles. The molecule has 23 heavy (non-hydrogen) atoms. The third-order valence-corrected chi connectivity index (χ3v) is 3.12. The van der Waals surface area contributed by atoms with Crippen molar-refractivity contribution < 1.29 is 19.1 Å². The Labute approximate surface area is 139 Å². The monoisotopic (exact) mass is 333 g/mol. The largest absolute Gasteiger partial charge is 0.494 e. The van der Waals surface area contributed by atoms with E-state index < -0.39 is 11.9 Å². The normalized spacial score (nSPS) is 10.0. The van der Waals surface area contributed by atoms with Crippen LogP contribution in [0.15, 0.2) is 48.5 Å². The molecule has 1 N–H and O–H groups in total. The Kier molecular flexibility index (Phi) is 6.00. The van der Waals surface area contributed by atoms with Gasteiger partial charge in [-0.3, -0.25) is 4.79 Å². The number of rotatable bonds is 6. The van der Waals surface area contributed by atoms with Gasteiger partial charge < -0.3 is 14.8 Å². The van der Waals surface area contributed by atoms with Gasteiger partial charge in [0.25, 0.3) is 5.91 Å². The van der Waals surface area contributed by atoms with E-state index in [1.165, 1.54) is 0 Å². The summed E-state index contributed by atoms with van der Waals surface area (Å²) in [5, 5.41) is 3.18. The molecule has 0 aliphatic rings. The van der Waals surface area contributed by atoms with E-state index in [0.717, 1.165) is 0 Å². The van der Waals surface area contributed by atoms with Crippen LogP contribution in [0.25, 0.3) is 0 Å². The van der Waals surface area contributed by atoms with Gasteiger partial charge in [-0.25, -0.2) is 4.79 Å². The number of amides is 1. The number of nitrogens with one attached hydrogen (secondary N) is 1. The van der Waals surface area contributed by atoms with Gasteiger partial charge in [0.15, 0.2) is 6.61 Å². The van der Waals surface area contributed by atoms with Crippen LogP contribution in [0.4, 0.5) is 5.69 Å². The fraction of sp³-hybridized carbons (Fsp3) is 0.176. The summed E-state index contributed by atoms with van der Waals surface area (Å²) >= 11 is 5.76. The van der Waals surface area contributed by atoms with Crippen LogP contribution in [-0.2, 0) is 9.53 Å². The molecule has 2 aromatic carbocycles. The van der Waals surface area contributed by atoms with Gasteiger partial charge >= 0.3 is 5.97 Å². The highest BCUT2D eigenvalue weighted by Gasteiger charge is 2.10. The average Bonchev–Trinajstić information content (AvgIpc) is 2.56. The van der Waals surface area contributed by atoms with Crippen LogP contribution >= 0.6 is 11.6 Å². The van der Waals surface area contributed by atoms with Crippen molar-refractivity contribution in [3.05, 3.63) is 59.1 Å². The highest BCUT2D eigenvalue weighted by atomic mass is 35.5. The van der Waals surface area contributed by atoms with Crippen LogP contribution in [-0.4, -0.2) is 25.1 Å². The highest BCUT2D eigenvalue weighted by molar-refractivity contribution is 6.30. The van der Waals surface area contributed by atoms with Crippen molar-refractivity contribution in [1.82, 2.24) is 0 Å². The zero-order chi connectivity index (χ0) is 16.7. The van der Waals surface area contributed by atoms with E-state index in [1.54, 1.807) is 48.5 Å². The van der Waals surface area contributed by atoms with Gasteiger partial charge in [-0.05, 0) is 55.5 Å². The molecule has 0 atom stereocenters. The Morgan fingerprint density at radius 1 is 1.04 bits per heavy atom. The predicted octanol–water partition coefficient (Wildman–Crippen LogP) is 3.53. The third-order valence-electron chi connectivity index (χ3n) is 2.86. The molecule has 0 aliphatic carbocycles. The Hall–Kier alpha value is -2.53. The van der Waals surface area contributed by atoms with Crippen LogP contribution in [0.1, 0.15) is 17.3 Å². The Morgan fingerprint density at radius 2 is 1.70 bits per heavy atom. The van der Waals surface area contributed by atoms with Gasteiger partial charge in [0, 0.05) is 10.7 Å². The number of carbonyl (C=O) groups excluding carboxylic acids is 2. The molecule has 5 nitrogen and oxygen atoms in total. The second-order valence-corrected chi connectivity index (χ2v) is 5.03. The lowest BCUT2D eigenvalue weighted by Gasteiger charge is -2.07. The second kappa shape index (κ2) is 8.19. The van der Waals surface area contributed by atoms with E-state index in [2.05, 4.69) is 5.32 Å². The molecule has 0 fully saturated rings. The summed E-state index contributed by atoms with van der Waals surface area (Å²) in [7, 11) is 0. The van der Waals surface area contributed by atoms with Gasteiger partial charge in [0.2, 0.25) is 0 Å². The Morgan fingerprint density at radius 3 is 2.30 bits per heavy atom. The van der Waals surface area contributed by atoms with Gasteiger partial charge in [0.1, 0.15) is 5.75 Å². The first-order valence-electron chi connectivity index (χ1n) is 7.04. The average molecular weight is 334 g/mol. The van der Waals surface area contributed by atoms with E-state index in [1.807, 2.05) is 6.92 Å². The molecule has 0 unspecified atom stereocenters. The number of esters is 1. The van der Waals surface area contributed by atoms with Crippen molar-refractivity contribution >= 4 is 29.2 Å². The third kappa shape index (κ3) is 5.30. The zero-order valence-corrected chi connectivity index (χ0v) is 13.3. The van der Waals surface area contributed by atoms with E-state index in [-0.39, 0.29) is 6.61 Å². The molecule has 1 amide bonds. The van der Waals surface area contributed by atoms with E-state index >= 15 is 0 Å². The van der Waals surface area contributed by atoms with E-state index in [9.17, 15) is 9.59 Å². The maximum atomic E-state index is 11.9. The molecule has 6 heteroatoms. The minimum Gasteiger partial charge on any atom is -0.494 e. The number of halogens is 1. The highest BCUT2D eigenvalue weighted by Crippen LogP contribution is 2.14. The molecule has 0 heterocycles. The molecule has 120 valence electrons. The van der Waals surface area contributed by atoms with Gasteiger partial charge in [-0.2, -0.15) is 0 Å².